The quantitative estimate of drug-likeness (QED) is 0.544. The van der Waals surface area contributed by atoms with Gasteiger partial charge in [0.15, 0.2) is 5.84 Å². The molecule has 7 heteroatoms. The zero-order valence-electron chi connectivity index (χ0n) is 9.06. The Morgan fingerprint density at radius 2 is 2.62 bits per heavy atom. The number of nitrogens with one attached hydrogen (secondary N) is 1. The van der Waals surface area contributed by atoms with Gasteiger partial charge in [0, 0.05) is 6.42 Å². The van der Waals surface area contributed by atoms with Gasteiger partial charge in [-0.3, -0.25) is 4.79 Å². The van der Waals surface area contributed by atoms with Gasteiger partial charge in [-0.15, -0.1) is 0 Å². The molecule has 1 aliphatic rings. The molecule has 0 aliphatic carbocycles. The van der Waals surface area contributed by atoms with Crippen LogP contribution in [0.2, 0.25) is 0 Å². The van der Waals surface area contributed by atoms with E-state index in [1.165, 1.54) is 7.11 Å². The van der Waals surface area contributed by atoms with Gasteiger partial charge in [0.25, 0.3) is 5.91 Å². The highest BCUT2D eigenvalue weighted by molar-refractivity contribution is 6.47. The second-order valence-electron chi connectivity index (χ2n) is 3.07. The van der Waals surface area contributed by atoms with Gasteiger partial charge in [-0.05, 0) is 6.42 Å². The Kier molecular flexibility index (Phi) is 4.27. The summed E-state index contributed by atoms with van der Waals surface area (Å²) in [5.74, 6) is -0.251. The van der Waals surface area contributed by atoms with Gasteiger partial charge in [0.2, 0.25) is 5.71 Å². The summed E-state index contributed by atoms with van der Waals surface area (Å²) in [6.07, 6.45) is 1.31. The van der Waals surface area contributed by atoms with Gasteiger partial charge in [0.1, 0.15) is 19.3 Å². The van der Waals surface area contributed by atoms with Crippen LogP contribution in [-0.2, 0) is 14.5 Å². The Morgan fingerprint density at radius 1 is 1.88 bits per heavy atom. The number of hydrogen-bond donors (Lipinski definition) is 1. The minimum Gasteiger partial charge on any atom is -0.398 e. The fraction of sp³-hybridized carbons (Fsp3) is 0.556. The fourth-order valence-electron chi connectivity index (χ4n) is 1.12. The standard InChI is InChI=1S/C9H12N4O3/c1-3-6-4-8(13-16-6)11-9(14)7(5-10)12-15-2/h6H,3-4H2,1-2H3,(H,11,13,14)/b12-7+. The summed E-state index contributed by atoms with van der Waals surface area (Å²) in [6.45, 7) is 1.96. The molecule has 86 valence electrons. The average molecular weight is 224 g/mol. The molecule has 0 bridgehead atoms. The fourth-order valence-corrected chi connectivity index (χ4v) is 1.12. The van der Waals surface area contributed by atoms with Crippen molar-refractivity contribution in [2.24, 2.45) is 10.3 Å². The maximum Gasteiger partial charge on any atom is 0.289 e. The molecule has 16 heavy (non-hydrogen) atoms. The minimum atomic E-state index is -0.650. The maximum absolute atomic E-state index is 11.4. The Morgan fingerprint density at radius 3 is 3.12 bits per heavy atom. The van der Waals surface area contributed by atoms with Crippen molar-refractivity contribution in [2.45, 2.75) is 25.9 Å². The molecule has 1 heterocycles. The highest BCUT2D eigenvalue weighted by Gasteiger charge is 2.22. The molecule has 1 N–H and O–H groups in total. The molecular formula is C9H12N4O3. The third-order valence-corrected chi connectivity index (χ3v) is 1.95. The number of oxime groups is 2. The van der Waals surface area contributed by atoms with Crippen LogP contribution >= 0.6 is 0 Å². The summed E-state index contributed by atoms with van der Waals surface area (Å²) in [5.41, 5.74) is -0.356. The van der Waals surface area contributed by atoms with Crippen LogP contribution in [0.1, 0.15) is 19.8 Å². The molecule has 7 nitrogen and oxygen atoms in total. The van der Waals surface area contributed by atoms with Crippen molar-refractivity contribution >= 4 is 17.5 Å². The molecule has 0 aromatic carbocycles. The normalized spacial score (nSPS) is 19.4. The van der Waals surface area contributed by atoms with Crippen molar-refractivity contribution in [3.63, 3.8) is 0 Å². The Balaban J connectivity index is 2.53. The molecular weight excluding hydrogens is 212 g/mol. The van der Waals surface area contributed by atoms with Crippen molar-refractivity contribution in [3.8, 4) is 6.07 Å². The molecule has 0 fully saturated rings. The summed E-state index contributed by atoms with van der Waals surface area (Å²) in [4.78, 5) is 20.8. The smallest absolute Gasteiger partial charge is 0.289 e. The second kappa shape index (κ2) is 5.70. The lowest BCUT2D eigenvalue weighted by Gasteiger charge is -2.02. The number of nitrogens with zero attached hydrogens (tertiary/aromatic N) is 3. The van der Waals surface area contributed by atoms with E-state index in [2.05, 4.69) is 20.5 Å². The van der Waals surface area contributed by atoms with Gasteiger partial charge < -0.3 is 15.0 Å². The van der Waals surface area contributed by atoms with E-state index in [1.807, 2.05) is 6.92 Å². The van der Waals surface area contributed by atoms with Crippen molar-refractivity contribution in [2.75, 3.05) is 7.11 Å². The van der Waals surface area contributed by atoms with Crippen molar-refractivity contribution in [1.82, 2.24) is 5.32 Å². The van der Waals surface area contributed by atoms with Crippen LogP contribution in [0.4, 0.5) is 0 Å². The van der Waals surface area contributed by atoms with Crippen molar-refractivity contribution in [1.29, 1.82) is 5.26 Å². The number of rotatable bonds is 3. The van der Waals surface area contributed by atoms with E-state index in [1.54, 1.807) is 6.07 Å². The Labute approximate surface area is 92.7 Å². The first kappa shape index (κ1) is 12.0. The first-order chi connectivity index (χ1) is 7.71. The molecule has 0 saturated heterocycles. The number of carbonyl (C=O) groups is 1. The topological polar surface area (TPSA) is 96.1 Å². The summed E-state index contributed by atoms with van der Waals surface area (Å²) in [5, 5.41) is 18.0. The van der Waals surface area contributed by atoms with Gasteiger partial charge in [-0.1, -0.05) is 17.2 Å². The summed E-state index contributed by atoms with van der Waals surface area (Å²) in [6, 6.07) is 1.62. The molecule has 1 aliphatic heterocycles. The molecule has 1 atom stereocenters. The van der Waals surface area contributed by atoms with Crippen LogP contribution in [0, 0.1) is 11.3 Å². The average Bonchev–Trinajstić information content (AvgIpc) is 2.73. The van der Waals surface area contributed by atoms with E-state index in [0.717, 1.165) is 6.42 Å². The molecule has 1 amide bonds. The second-order valence-corrected chi connectivity index (χ2v) is 3.07. The molecule has 1 rings (SSSR count). The number of hydrogen-bond acceptors (Lipinski definition) is 6. The van der Waals surface area contributed by atoms with Gasteiger partial charge >= 0.3 is 0 Å². The van der Waals surface area contributed by atoms with Crippen LogP contribution in [0.3, 0.4) is 0 Å². The summed E-state index contributed by atoms with van der Waals surface area (Å²) >= 11 is 0. The zero-order valence-corrected chi connectivity index (χ0v) is 9.06. The van der Waals surface area contributed by atoms with E-state index in [4.69, 9.17) is 10.1 Å². The highest BCUT2D eigenvalue weighted by atomic mass is 16.6. The number of amides is 1. The molecule has 0 saturated carbocycles. The zero-order chi connectivity index (χ0) is 12.0. The first-order valence-corrected chi connectivity index (χ1v) is 4.76. The Hall–Kier alpha value is -2.10. The number of amidine groups is 1. The van der Waals surface area contributed by atoms with Gasteiger partial charge in [-0.2, -0.15) is 5.26 Å². The van der Waals surface area contributed by atoms with Crippen LogP contribution in [0.15, 0.2) is 10.3 Å². The SMILES string of the molecule is CCC1CC(NC(=O)/C(C#N)=N/OC)=NO1. The van der Waals surface area contributed by atoms with E-state index >= 15 is 0 Å². The van der Waals surface area contributed by atoms with Crippen LogP contribution < -0.4 is 5.32 Å². The van der Waals surface area contributed by atoms with E-state index in [-0.39, 0.29) is 11.8 Å². The van der Waals surface area contributed by atoms with Crippen molar-refractivity contribution < 1.29 is 14.5 Å². The predicted octanol–water partition coefficient (Wildman–Crippen LogP) is 0.141. The van der Waals surface area contributed by atoms with Crippen LogP contribution in [-0.4, -0.2) is 30.7 Å². The van der Waals surface area contributed by atoms with Crippen LogP contribution in [0.5, 0.6) is 0 Å². The minimum absolute atomic E-state index is 0.0137. The molecule has 1 unspecified atom stereocenters. The number of nitriles is 1. The third-order valence-electron chi connectivity index (χ3n) is 1.95. The van der Waals surface area contributed by atoms with Gasteiger partial charge in [-0.25, -0.2) is 0 Å². The maximum atomic E-state index is 11.4. The molecule has 0 aromatic rings. The van der Waals surface area contributed by atoms with Gasteiger partial charge in [0.05, 0.1) is 0 Å². The lowest BCUT2D eigenvalue weighted by atomic mass is 10.2. The van der Waals surface area contributed by atoms with E-state index in [0.29, 0.717) is 12.3 Å². The first-order valence-electron chi connectivity index (χ1n) is 4.76. The highest BCUT2D eigenvalue weighted by Crippen LogP contribution is 2.11. The monoisotopic (exact) mass is 224 g/mol. The van der Waals surface area contributed by atoms with E-state index < -0.39 is 5.91 Å². The predicted molar refractivity (Wildman–Crippen MR) is 55.4 cm³/mol. The largest absolute Gasteiger partial charge is 0.398 e. The third kappa shape index (κ3) is 2.95. The Bertz CT molecular complexity index is 369. The van der Waals surface area contributed by atoms with Crippen LogP contribution in [0.25, 0.3) is 0 Å². The lowest BCUT2D eigenvalue weighted by molar-refractivity contribution is -0.113. The van der Waals surface area contributed by atoms with Crippen molar-refractivity contribution in [3.05, 3.63) is 0 Å². The number of carbonyl (C=O) groups excluding carboxylic acids is 1. The summed E-state index contributed by atoms with van der Waals surface area (Å²) < 4.78 is 0. The van der Waals surface area contributed by atoms with E-state index in [9.17, 15) is 4.79 Å². The summed E-state index contributed by atoms with van der Waals surface area (Å²) in [7, 11) is 1.26. The lowest BCUT2D eigenvalue weighted by Crippen LogP contribution is -2.35. The molecule has 0 spiro atoms. The molecule has 0 aromatic heterocycles. The molecule has 0 radical (unpaired) electrons.